The summed E-state index contributed by atoms with van der Waals surface area (Å²) in [4.78, 5) is 11.8. The summed E-state index contributed by atoms with van der Waals surface area (Å²) in [6, 6.07) is 1.44. The minimum Gasteiger partial charge on any atom is -0.398 e. The maximum absolute atomic E-state index is 11.8. The Labute approximate surface area is 94.1 Å². The average molecular weight is 220 g/mol. The van der Waals surface area contributed by atoms with Crippen LogP contribution in [-0.2, 0) is 0 Å². The number of carbonyl (C=O) groups is 1. The molecule has 0 saturated heterocycles. The summed E-state index contributed by atoms with van der Waals surface area (Å²) >= 11 is 0. The molecule has 0 radical (unpaired) electrons. The minimum absolute atomic E-state index is 0.139. The summed E-state index contributed by atoms with van der Waals surface area (Å²) in [7, 11) is 0. The van der Waals surface area contributed by atoms with Crippen molar-refractivity contribution in [1.29, 1.82) is 0 Å². The van der Waals surface area contributed by atoms with Gasteiger partial charge < -0.3 is 22.9 Å². The van der Waals surface area contributed by atoms with Gasteiger partial charge in [0.1, 0.15) is 0 Å². The normalized spacial score (nSPS) is 9.88. The van der Waals surface area contributed by atoms with Crippen molar-refractivity contribution in [1.82, 2.24) is 0 Å². The molecule has 0 unspecified atom stereocenters. The number of benzene rings is 1. The molecule has 1 aromatic carbocycles. The largest absolute Gasteiger partial charge is 0.398 e. The van der Waals surface area contributed by atoms with E-state index in [1.807, 2.05) is 13.8 Å². The lowest BCUT2D eigenvalue weighted by molar-refractivity contribution is 0.104. The number of hydrogen-bond donors (Lipinski definition) is 4. The molecule has 1 rings (SSSR count). The molecule has 0 aliphatic carbocycles. The maximum Gasteiger partial charge on any atom is 0.190 e. The zero-order valence-corrected chi connectivity index (χ0v) is 9.37. The fourth-order valence-corrected chi connectivity index (χ4v) is 1.37. The average Bonchev–Trinajstić information content (AvgIpc) is 2.13. The van der Waals surface area contributed by atoms with Crippen molar-refractivity contribution in [2.24, 2.45) is 0 Å². The molecule has 0 spiro atoms. The van der Waals surface area contributed by atoms with E-state index in [9.17, 15) is 4.79 Å². The highest BCUT2D eigenvalue weighted by molar-refractivity contribution is 6.14. The highest BCUT2D eigenvalue weighted by atomic mass is 16.1. The first kappa shape index (κ1) is 11.9. The number of allylic oxidation sites excluding steroid dienone is 2. The van der Waals surface area contributed by atoms with Crippen molar-refractivity contribution in [3.8, 4) is 0 Å². The zero-order chi connectivity index (χ0) is 12.5. The van der Waals surface area contributed by atoms with Crippen molar-refractivity contribution < 1.29 is 4.79 Å². The van der Waals surface area contributed by atoms with Gasteiger partial charge in [0.15, 0.2) is 5.78 Å². The number of carbonyl (C=O) groups excluding carboxylic acids is 1. The van der Waals surface area contributed by atoms with Crippen LogP contribution in [0.5, 0.6) is 0 Å². The van der Waals surface area contributed by atoms with Crippen molar-refractivity contribution in [3.63, 3.8) is 0 Å². The van der Waals surface area contributed by atoms with Gasteiger partial charge in [-0.15, -0.1) is 0 Å². The second-order valence-electron chi connectivity index (χ2n) is 3.84. The minimum atomic E-state index is -0.262. The van der Waals surface area contributed by atoms with Crippen LogP contribution in [0.15, 0.2) is 17.7 Å². The van der Waals surface area contributed by atoms with Crippen molar-refractivity contribution in [2.45, 2.75) is 13.8 Å². The molecule has 16 heavy (non-hydrogen) atoms. The molecule has 5 heteroatoms. The van der Waals surface area contributed by atoms with Crippen molar-refractivity contribution >= 4 is 28.5 Å². The van der Waals surface area contributed by atoms with E-state index in [4.69, 9.17) is 22.9 Å². The van der Waals surface area contributed by atoms with Crippen LogP contribution in [0.2, 0.25) is 0 Å². The third-order valence-electron chi connectivity index (χ3n) is 2.14. The molecule has 86 valence electrons. The molecule has 1 aromatic rings. The molecule has 0 amide bonds. The van der Waals surface area contributed by atoms with Crippen LogP contribution in [0, 0.1) is 0 Å². The van der Waals surface area contributed by atoms with Crippen LogP contribution in [0.4, 0.5) is 22.7 Å². The molecule has 0 heterocycles. The second kappa shape index (κ2) is 4.14. The summed E-state index contributed by atoms with van der Waals surface area (Å²) in [6.07, 6.45) is 1.46. The predicted molar refractivity (Wildman–Crippen MR) is 67.9 cm³/mol. The molecule has 0 aliphatic rings. The monoisotopic (exact) mass is 220 g/mol. The molecule has 8 N–H and O–H groups in total. The van der Waals surface area contributed by atoms with Gasteiger partial charge in [0.2, 0.25) is 0 Å². The summed E-state index contributed by atoms with van der Waals surface area (Å²) in [6.45, 7) is 3.62. The van der Waals surface area contributed by atoms with Crippen molar-refractivity contribution in [3.05, 3.63) is 23.3 Å². The van der Waals surface area contributed by atoms with Crippen LogP contribution in [0.25, 0.3) is 0 Å². The third-order valence-corrected chi connectivity index (χ3v) is 2.14. The molecule has 0 aliphatic heterocycles. The highest BCUT2D eigenvalue weighted by Gasteiger charge is 2.15. The molecular weight excluding hydrogens is 204 g/mol. The standard InChI is InChI=1S/C11H16N4O/c1-5(2)3-8(16)9-6(12)4-7(13)10(14)11(9)15/h3-4H,12-15H2,1-2H3. The molecule has 0 bridgehead atoms. The Kier molecular flexibility index (Phi) is 3.08. The van der Waals surface area contributed by atoms with Gasteiger partial charge in [0.25, 0.3) is 0 Å². The maximum atomic E-state index is 11.8. The van der Waals surface area contributed by atoms with Crippen LogP contribution >= 0.6 is 0 Å². The Morgan fingerprint density at radius 3 is 2.12 bits per heavy atom. The van der Waals surface area contributed by atoms with E-state index in [0.717, 1.165) is 5.57 Å². The highest BCUT2D eigenvalue weighted by Crippen LogP contribution is 2.32. The van der Waals surface area contributed by atoms with Gasteiger partial charge in [-0.25, -0.2) is 0 Å². The molecular formula is C11H16N4O. The number of hydrogen-bond acceptors (Lipinski definition) is 5. The number of anilines is 4. The summed E-state index contributed by atoms with van der Waals surface area (Å²) in [5.41, 5.74) is 24.6. The Bertz CT molecular complexity index is 473. The van der Waals surface area contributed by atoms with Gasteiger partial charge >= 0.3 is 0 Å². The van der Waals surface area contributed by atoms with Gasteiger partial charge in [-0.3, -0.25) is 4.79 Å². The van der Waals surface area contributed by atoms with Crippen LogP contribution < -0.4 is 22.9 Å². The fourth-order valence-electron chi connectivity index (χ4n) is 1.37. The summed E-state index contributed by atoms with van der Waals surface area (Å²) in [5.74, 6) is -0.262. The first-order valence-corrected chi connectivity index (χ1v) is 4.76. The number of ketones is 1. The van der Waals surface area contributed by atoms with E-state index in [2.05, 4.69) is 0 Å². The first-order chi connectivity index (χ1) is 7.34. The van der Waals surface area contributed by atoms with Gasteiger partial charge in [0.05, 0.1) is 22.6 Å². The quantitative estimate of drug-likeness (QED) is 0.338. The summed E-state index contributed by atoms with van der Waals surface area (Å²) in [5, 5.41) is 0. The van der Waals surface area contributed by atoms with E-state index < -0.39 is 0 Å². The molecule has 0 atom stereocenters. The van der Waals surface area contributed by atoms with Crippen molar-refractivity contribution in [2.75, 3.05) is 22.9 Å². The van der Waals surface area contributed by atoms with Gasteiger partial charge in [0, 0.05) is 5.69 Å². The fraction of sp³-hybridized carbons (Fsp3) is 0.182. The van der Waals surface area contributed by atoms with E-state index in [0.29, 0.717) is 0 Å². The second-order valence-corrected chi connectivity index (χ2v) is 3.84. The van der Waals surface area contributed by atoms with E-state index in [1.165, 1.54) is 12.1 Å². The lowest BCUT2D eigenvalue weighted by Crippen LogP contribution is -2.10. The first-order valence-electron chi connectivity index (χ1n) is 4.76. The van der Waals surface area contributed by atoms with Gasteiger partial charge in [-0.2, -0.15) is 0 Å². The van der Waals surface area contributed by atoms with Gasteiger partial charge in [-0.1, -0.05) is 5.57 Å². The number of nitrogen functional groups attached to an aromatic ring is 4. The number of nitrogens with two attached hydrogens (primary N) is 4. The lowest BCUT2D eigenvalue weighted by atomic mass is 10.0. The SMILES string of the molecule is CC(C)=CC(=O)c1c(N)cc(N)c(N)c1N. The molecule has 0 fully saturated rings. The predicted octanol–water partition coefficient (Wildman–Crippen LogP) is 1.16. The smallest absolute Gasteiger partial charge is 0.190 e. The third kappa shape index (κ3) is 2.08. The Balaban J connectivity index is 3.40. The Hall–Kier alpha value is -2.17. The van der Waals surface area contributed by atoms with E-state index in [1.54, 1.807) is 0 Å². The molecule has 0 saturated carbocycles. The lowest BCUT2D eigenvalue weighted by Gasteiger charge is -2.11. The van der Waals surface area contributed by atoms with Crippen LogP contribution in [0.3, 0.4) is 0 Å². The number of rotatable bonds is 2. The van der Waals surface area contributed by atoms with Crippen LogP contribution in [-0.4, -0.2) is 5.78 Å². The van der Waals surface area contributed by atoms with Gasteiger partial charge in [-0.05, 0) is 26.0 Å². The van der Waals surface area contributed by atoms with Crippen LogP contribution in [0.1, 0.15) is 24.2 Å². The molecule has 5 nitrogen and oxygen atoms in total. The Morgan fingerprint density at radius 1 is 1.06 bits per heavy atom. The summed E-state index contributed by atoms with van der Waals surface area (Å²) < 4.78 is 0. The zero-order valence-electron chi connectivity index (χ0n) is 9.37. The molecule has 0 aromatic heterocycles. The topological polar surface area (TPSA) is 121 Å². The van der Waals surface area contributed by atoms with E-state index >= 15 is 0 Å². The van der Waals surface area contributed by atoms with E-state index in [-0.39, 0.29) is 34.1 Å². The Morgan fingerprint density at radius 2 is 1.62 bits per heavy atom.